The number of thioether (sulfide) groups is 1. The summed E-state index contributed by atoms with van der Waals surface area (Å²) in [6, 6.07) is 13.4. The molecule has 2 N–H and O–H groups in total. The van der Waals surface area contributed by atoms with Gasteiger partial charge in [0.25, 0.3) is 0 Å². The summed E-state index contributed by atoms with van der Waals surface area (Å²) in [5.74, 6) is -1.58. The number of benzene rings is 2. The number of carboxylic acids is 1. The number of rotatable bonds is 6. The van der Waals surface area contributed by atoms with E-state index in [9.17, 15) is 14.7 Å². The summed E-state index contributed by atoms with van der Waals surface area (Å²) in [5.41, 5.74) is 2.60. The van der Waals surface area contributed by atoms with Gasteiger partial charge in [-0.1, -0.05) is 53.7 Å². The Balaban J connectivity index is 1.30. The maximum atomic E-state index is 12.9. The molecule has 1 amide bonds. The number of carboxylic acid groups (broad SMARTS) is 1. The minimum absolute atomic E-state index is 0.00560. The van der Waals surface area contributed by atoms with Crippen molar-refractivity contribution >= 4 is 62.5 Å². The quantitative estimate of drug-likeness (QED) is 0.356. The van der Waals surface area contributed by atoms with Crippen LogP contribution in [0.3, 0.4) is 0 Å². The van der Waals surface area contributed by atoms with Gasteiger partial charge in [-0.05, 0) is 48.1 Å². The summed E-state index contributed by atoms with van der Waals surface area (Å²) in [6.45, 7) is 0. The average molecular weight is 471 g/mol. The Kier molecular flexibility index (Phi) is 5.50. The lowest BCUT2D eigenvalue weighted by molar-refractivity contribution is -0.146. The molecule has 1 aromatic heterocycles. The number of aromatic nitrogens is 1. The molecule has 5 rings (SSSR count). The Bertz CT molecular complexity index is 1210. The maximum Gasteiger partial charge on any atom is 0.307 e. The predicted octanol–water partition coefficient (Wildman–Crippen LogP) is 5.70. The number of hydrogen-bond donors (Lipinski definition) is 2. The lowest BCUT2D eigenvalue weighted by atomic mass is 9.82. The number of halogens is 1. The molecule has 0 spiro atoms. The van der Waals surface area contributed by atoms with Gasteiger partial charge < -0.3 is 10.4 Å². The van der Waals surface area contributed by atoms with Gasteiger partial charge in [0.05, 0.1) is 22.1 Å². The summed E-state index contributed by atoms with van der Waals surface area (Å²) in [5, 5.41) is 13.3. The van der Waals surface area contributed by atoms with Crippen molar-refractivity contribution in [3.63, 3.8) is 0 Å². The van der Waals surface area contributed by atoms with E-state index >= 15 is 0 Å². The van der Waals surface area contributed by atoms with Crippen LogP contribution in [0.2, 0.25) is 5.02 Å². The van der Waals surface area contributed by atoms with E-state index in [2.05, 4.69) is 10.3 Å². The SMILES string of the molecule is O=C(O)[C@H]1[C@H](C(=O)Nc2ccc3nc(SCc4ccccc4Cl)sc3c2)[C@H]2C=C[C@H]1C2. The highest BCUT2D eigenvalue weighted by Gasteiger charge is 2.51. The van der Waals surface area contributed by atoms with Crippen LogP contribution in [0, 0.1) is 23.7 Å². The molecular formula is C23H19ClN2O3S2. The Hall–Kier alpha value is -2.35. The minimum Gasteiger partial charge on any atom is -0.481 e. The van der Waals surface area contributed by atoms with Crippen molar-refractivity contribution in [2.24, 2.45) is 23.7 Å². The zero-order valence-corrected chi connectivity index (χ0v) is 18.7. The second kappa shape index (κ2) is 8.30. The van der Waals surface area contributed by atoms with Crippen LogP contribution in [0.1, 0.15) is 12.0 Å². The molecule has 2 aliphatic carbocycles. The van der Waals surface area contributed by atoms with E-state index in [1.807, 2.05) is 54.6 Å². The molecule has 5 nitrogen and oxygen atoms in total. The third kappa shape index (κ3) is 3.97. The molecule has 158 valence electrons. The number of hydrogen-bond acceptors (Lipinski definition) is 5. The second-order valence-corrected chi connectivity index (χ2v) is 10.5. The van der Waals surface area contributed by atoms with Crippen LogP contribution in [0.4, 0.5) is 5.69 Å². The Labute approximate surface area is 192 Å². The second-order valence-electron chi connectivity index (χ2n) is 7.87. The van der Waals surface area contributed by atoms with Gasteiger partial charge in [0, 0.05) is 16.5 Å². The van der Waals surface area contributed by atoms with Crippen LogP contribution in [-0.2, 0) is 15.3 Å². The lowest BCUT2D eigenvalue weighted by Crippen LogP contribution is -2.36. The first kappa shape index (κ1) is 20.5. The van der Waals surface area contributed by atoms with Gasteiger partial charge in [0.1, 0.15) is 0 Å². The normalized spacial score (nSPS) is 24.0. The first-order valence-corrected chi connectivity index (χ1v) is 12.2. The van der Waals surface area contributed by atoms with Gasteiger partial charge in [-0.25, -0.2) is 4.98 Å². The highest BCUT2D eigenvalue weighted by Crippen LogP contribution is 2.48. The van der Waals surface area contributed by atoms with Gasteiger partial charge in [-0.3, -0.25) is 9.59 Å². The summed E-state index contributed by atoms with van der Waals surface area (Å²) in [6.07, 6.45) is 4.68. The number of amides is 1. The van der Waals surface area contributed by atoms with Crippen molar-refractivity contribution < 1.29 is 14.7 Å². The van der Waals surface area contributed by atoms with Crippen LogP contribution in [0.25, 0.3) is 10.2 Å². The molecule has 0 aliphatic heterocycles. The third-order valence-electron chi connectivity index (χ3n) is 5.99. The number of fused-ring (bicyclic) bond motifs is 3. The van der Waals surface area contributed by atoms with E-state index in [1.165, 1.54) is 0 Å². The molecular weight excluding hydrogens is 452 g/mol. The first-order valence-electron chi connectivity index (χ1n) is 9.98. The van der Waals surface area contributed by atoms with Crippen LogP contribution < -0.4 is 5.32 Å². The monoisotopic (exact) mass is 470 g/mol. The largest absolute Gasteiger partial charge is 0.481 e. The van der Waals surface area contributed by atoms with Crippen molar-refractivity contribution in [3.8, 4) is 0 Å². The highest BCUT2D eigenvalue weighted by atomic mass is 35.5. The Morgan fingerprint density at radius 3 is 2.71 bits per heavy atom. The lowest BCUT2D eigenvalue weighted by Gasteiger charge is -2.23. The number of aliphatic carboxylic acids is 1. The van der Waals surface area contributed by atoms with Crippen LogP contribution in [-0.4, -0.2) is 22.0 Å². The van der Waals surface area contributed by atoms with E-state index < -0.39 is 17.8 Å². The molecule has 3 aromatic rings. The van der Waals surface area contributed by atoms with E-state index in [4.69, 9.17) is 11.6 Å². The summed E-state index contributed by atoms with van der Waals surface area (Å²) >= 11 is 9.43. The van der Waals surface area contributed by atoms with Gasteiger partial charge in [-0.2, -0.15) is 0 Å². The Morgan fingerprint density at radius 1 is 1.16 bits per heavy atom. The highest BCUT2D eigenvalue weighted by molar-refractivity contribution is 8.00. The smallest absolute Gasteiger partial charge is 0.307 e. The van der Waals surface area contributed by atoms with Crippen LogP contribution in [0.15, 0.2) is 59.0 Å². The van der Waals surface area contributed by atoms with Crippen molar-refractivity contribution in [2.75, 3.05) is 5.32 Å². The molecule has 1 fully saturated rings. The number of thiazole rings is 1. The molecule has 4 atom stereocenters. The number of anilines is 1. The molecule has 0 unspecified atom stereocenters. The fourth-order valence-corrected chi connectivity index (χ4v) is 6.93. The summed E-state index contributed by atoms with van der Waals surface area (Å²) < 4.78 is 1.91. The number of allylic oxidation sites excluding steroid dienone is 2. The Morgan fingerprint density at radius 2 is 1.94 bits per heavy atom. The first-order chi connectivity index (χ1) is 15.0. The molecule has 0 radical (unpaired) electrons. The molecule has 1 heterocycles. The number of nitrogens with zero attached hydrogens (tertiary/aromatic N) is 1. The molecule has 2 aromatic carbocycles. The van der Waals surface area contributed by atoms with E-state index in [-0.39, 0.29) is 17.7 Å². The van der Waals surface area contributed by atoms with Crippen molar-refractivity contribution in [3.05, 3.63) is 65.2 Å². The average Bonchev–Trinajstić information content (AvgIpc) is 3.46. The standard InChI is InChI=1S/C23H19ClN2O3S2/c24-16-4-2-1-3-14(16)11-30-23-26-17-8-7-15(10-18(17)31-23)25-21(27)19-12-5-6-13(9-12)20(19)22(28)29/h1-8,10,12-13,19-20H,9,11H2,(H,25,27)(H,28,29)/t12-,13-,19+,20+/m0/s1. The molecule has 2 bridgehead atoms. The molecule has 31 heavy (non-hydrogen) atoms. The topological polar surface area (TPSA) is 79.3 Å². The van der Waals surface area contributed by atoms with Gasteiger partial charge in [0.2, 0.25) is 5.91 Å². The predicted molar refractivity (Wildman–Crippen MR) is 125 cm³/mol. The molecule has 1 saturated carbocycles. The summed E-state index contributed by atoms with van der Waals surface area (Å²) in [7, 11) is 0. The van der Waals surface area contributed by atoms with Crippen molar-refractivity contribution in [2.45, 2.75) is 16.5 Å². The van der Waals surface area contributed by atoms with Crippen molar-refractivity contribution in [1.82, 2.24) is 4.98 Å². The third-order valence-corrected chi connectivity index (χ3v) is 8.57. The fourth-order valence-electron chi connectivity index (χ4n) is 4.54. The van der Waals surface area contributed by atoms with Crippen molar-refractivity contribution in [1.29, 1.82) is 0 Å². The fraction of sp³-hybridized carbons (Fsp3) is 0.261. The number of nitrogens with one attached hydrogen (secondary N) is 1. The number of carbonyl (C=O) groups is 2. The van der Waals surface area contributed by atoms with E-state index in [0.717, 1.165) is 37.3 Å². The molecule has 2 aliphatic rings. The summed E-state index contributed by atoms with van der Waals surface area (Å²) in [4.78, 5) is 29.3. The minimum atomic E-state index is -0.893. The van der Waals surface area contributed by atoms with E-state index in [1.54, 1.807) is 23.1 Å². The van der Waals surface area contributed by atoms with Gasteiger partial charge in [0.15, 0.2) is 4.34 Å². The van der Waals surface area contributed by atoms with Gasteiger partial charge >= 0.3 is 5.97 Å². The maximum absolute atomic E-state index is 12.9. The zero-order chi connectivity index (χ0) is 21.5. The molecule has 8 heteroatoms. The molecule has 0 saturated heterocycles. The zero-order valence-electron chi connectivity index (χ0n) is 16.3. The van der Waals surface area contributed by atoms with E-state index in [0.29, 0.717) is 5.69 Å². The number of carbonyl (C=O) groups excluding carboxylic acids is 1. The van der Waals surface area contributed by atoms with Crippen LogP contribution in [0.5, 0.6) is 0 Å². The van der Waals surface area contributed by atoms with Gasteiger partial charge in [-0.15, -0.1) is 11.3 Å². The van der Waals surface area contributed by atoms with Crippen LogP contribution >= 0.6 is 34.7 Å².